The molecule has 1 aliphatic heterocycles. The zero-order valence-electron chi connectivity index (χ0n) is 17.3. The van der Waals surface area contributed by atoms with Crippen LogP contribution in [0.15, 0.2) is 47.3 Å². The fourth-order valence-corrected chi connectivity index (χ4v) is 4.91. The summed E-state index contributed by atoms with van der Waals surface area (Å²) in [6, 6.07) is 14.0. The maximum absolute atomic E-state index is 12.9. The number of hydrogen-bond donors (Lipinski definition) is 1. The van der Waals surface area contributed by atoms with Gasteiger partial charge in [0.05, 0.1) is 11.0 Å². The van der Waals surface area contributed by atoms with Gasteiger partial charge in [-0.25, -0.2) is 4.79 Å². The number of piperidine rings is 1. The lowest BCUT2D eigenvalue weighted by Gasteiger charge is -2.34. The predicted molar refractivity (Wildman–Crippen MR) is 116 cm³/mol. The van der Waals surface area contributed by atoms with Gasteiger partial charge in [-0.15, -0.1) is 0 Å². The van der Waals surface area contributed by atoms with Gasteiger partial charge in [-0.05, 0) is 74.4 Å². The molecule has 0 spiro atoms. The molecule has 2 aromatic carbocycles. The summed E-state index contributed by atoms with van der Waals surface area (Å²) >= 11 is 0. The number of aromatic amines is 1. The van der Waals surface area contributed by atoms with Gasteiger partial charge in [0.15, 0.2) is 6.10 Å². The van der Waals surface area contributed by atoms with Crippen LogP contribution < -0.4 is 10.4 Å². The number of carbonyl (C=O) groups is 1. The normalized spacial score (nSPS) is 17.8. The van der Waals surface area contributed by atoms with E-state index in [-0.39, 0.29) is 17.6 Å². The summed E-state index contributed by atoms with van der Waals surface area (Å²) in [5.41, 5.74) is 4.46. The Morgan fingerprint density at radius 2 is 1.87 bits per heavy atom. The summed E-state index contributed by atoms with van der Waals surface area (Å²) < 4.78 is 7.83. The first-order chi connectivity index (χ1) is 14.6. The molecule has 2 heterocycles. The fourth-order valence-electron chi connectivity index (χ4n) is 4.91. The number of amides is 1. The van der Waals surface area contributed by atoms with Crippen molar-refractivity contribution in [3.63, 3.8) is 0 Å². The molecular weight excluding hydrogens is 378 g/mol. The number of para-hydroxylation sites is 2. The first kappa shape index (κ1) is 19.0. The highest BCUT2D eigenvalue weighted by Gasteiger charge is 2.29. The van der Waals surface area contributed by atoms with Gasteiger partial charge >= 0.3 is 5.69 Å². The van der Waals surface area contributed by atoms with E-state index in [1.807, 2.05) is 46.7 Å². The van der Waals surface area contributed by atoms with Crippen molar-refractivity contribution >= 4 is 16.9 Å². The number of ether oxygens (including phenoxy) is 1. The van der Waals surface area contributed by atoms with Crippen LogP contribution in [-0.2, 0) is 17.6 Å². The van der Waals surface area contributed by atoms with Crippen molar-refractivity contribution in [1.29, 1.82) is 0 Å². The highest BCUT2D eigenvalue weighted by molar-refractivity contribution is 5.81. The highest BCUT2D eigenvalue weighted by Crippen LogP contribution is 2.28. The van der Waals surface area contributed by atoms with E-state index in [9.17, 15) is 9.59 Å². The van der Waals surface area contributed by atoms with Gasteiger partial charge in [-0.2, -0.15) is 0 Å². The summed E-state index contributed by atoms with van der Waals surface area (Å²) in [6.07, 6.45) is 4.44. The highest BCUT2D eigenvalue weighted by atomic mass is 16.5. The first-order valence-electron chi connectivity index (χ1n) is 10.9. The Kier molecular flexibility index (Phi) is 4.85. The van der Waals surface area contributed by atoms with Gasteiger partial charge in [0.1, 0.15) is 5.75 Å². The van der Waals surface area contributed by atoms with E-state index in [2.05, 4.69) is 17.1 Å². The van der Waals surface area contributed by atoms with Crippen molar-refractivity contribution in [2.45, 2.75) is 51.2 Å². The number of nitrogens with one attached hydrogen (secondary N) is 1. The number of H-pyrrole nitrogens is 1. The van der Waals surface area contributed by atoms with Crippen molar-refractivity contribution in [2.24, 2.45) is 0 Å². The van der Waals surface area contributed by atoms with E-state index in [0.717, 1.165) is 42.5 Å². The smallest absolute Gasteiger partial charge is 0.326 e. The molecule has 0 bridgehead atoms. The molecule has 2 aliphatic rings. The largest absolute Gasteiger partial charge is 0.481 e. The van der Waals surface area contributed by atoms with Gasteiger partial charge in [-0.1, -0.05) is 18.2 Å². The number of rotatable bonds is 4. The Morgan fingerprint density at radius 1 is 1.10 bits per heavy atom. The number of fused-ring (bicyclic) bond motifs is 2. The van der Waals surface area contributed by atoms with E-state index in [0.29, 0.717) is 13.1 Å². The average molecular weight is 405 g/mol. The number of benzene rings is 2. The lowest BCUT2D eigenvalue weighted by molar-refractivity contribution is -0.139. The van der Waals surface area contributed by atoms with Crippen molar-refractivity contribution in [3.05, 3.63) is 64.1 Å². The maximum atomic E-state index is 12.9. The Hall–Kier alpha value is -3.02. The molecule has 1 fully saturated rings. The van der Waals surface area contributed by atoms with Gasteiger partial charge in [0.2, 0.25) is 0 Å². The van der Waals surface area contributed by atoms with Gasteiger partial charge in [0, 0.05) is 19.1 Å². The molecule has 1 atom stereocenters. The number of aromatic nitrogens is 2. The molecule has 6 nitrogen and oxygen atoms in total. The molecule has 30 heavy (non-hydrogen) atoms. The van der Waals surface area contributed by atoms with Gasteiger partial charge in [-0.3, -0.25) is 9.36 Å². The van der Waals surface area contributed by atoms with Crippen molar-refractivity contribution in [3.8, 4) is 5.75 Å². The number of carbonyl (C=O) groups excluding carboxylic acids is 1. The monoisotopic (exact) mass is 405 g/mol. The van der Waals surface area contributed by atoms with E-state index >= 15 is 0 Å². The van der Waals surface area contributed by atoms with Crippen LogP contribution in [0.3, 0.4) is 0 Å². The standard InChI is InChI=1S/C24H27N3O3/c1-16(30-20-10-9-17-5-4-6-18(17)15-20)23(28)26-13-11-19(12-14-26)27-22-8-3-2-7-21(22)25-24(27)29/h2-3,7-10,15-16,19H,4-6,11-14H2,1H3,(H,25,29). The van der Waals surface area contributed by atoms with Crippen LogP contribution in [0.5, 0.6) is 5.75 Å². The second-order valence-corrected chi connectivity index (χ2v) is 8.42. The number of imidazole rings is 1. The second-order valence-electron chi connectivity index (χ2n) is 8.42. The van der Waals surface area contributed by atoms with E-state index < -0.39 is 6.10 Å². The molecule has 0 saturated carbocycles. The van der Waals surface area contributed by atoms with Crippen LogP contribution in [0.4, 0.5) is 0 Å². The number of likely N-dealkylation sites (tertiary alicyclic amines) is 1. The van der Waals surface area contributed by atoms with Gasteiger partial charge in [0.25, 0.3) is 5.91 Å². The van der Waals surface area contributed by atoms with Gasteiger partial charge < -0.3 is 14.6 Å². The molecular formula is C24H27N3O3. The summed E-state index contributed by atoms with van der Waals surface area (Å²) in [7, 11) is 0. The molecule has 1 aliphatic carbocycles. The third-order valence-corrected chi connectivity index (χ3v) is 6.50. The van der Waals surface area contributed by atoms with Crippen LogP contribution in [-0.4, -0.2) is 39.6 Å². The lowest BCUT2D eigenvalue weighted by atomic mass is 10.0. The zero-order chi connectivity index (χ0) is 20.7. The molecule has 156 valence electrons. The van der Waals surface area contributed by atoms with E-state index in [4.69, 9.17) is 4.74 Å². The topological polar surface area (TPSA) is 67.3 Å². The van der Waals surface area contributed by atoms with Crippen LogP contribution in [0.2, 0.25) is 0 Å². The van der Waals surface area contributed by atoms with Crippen LogP contribution in [0.25, 0.3) is 11.0 Å². The Balaban J connectivity index is 1.23. The minimum Gasteiger partial charge on any atom is -0.481 e. The molecule has 1 amide bonds. The summed E-state index contributed by atoms with van der Waals surface area (Å²) in [6.45, 7) is 3.09. The summed E-state index contributed by atoms with van der Waals surface area (Å²) in [5.74, 6) is 0.789. The maximum Gasteiger partial charge on any atom is 0.326 e. The number of aryl methyl sites for hydroxylation is 2. The third kappa shape index (κ3) is 3.40. The van der Waals surface area contributed by atoms with Crippen molar-refractivity contribution in [1.82, 2.24) is 14.5 Å². The fraction of sp³-hybridized carbons (Fsp3) is 0.417. The third-order valence-electron chi connectivity index (χ3n) is 6.50. The minimum absolute atomic E-state index is 0.0141. The lowest BCUT2D eigenvalue weighted by Crippen LogP contribution is -2.45. The molecule has 1 saturated heterocycles. The molecule has 3 aromatic rings. The van der Waals surface area contributed by atoms with Crippen molar-refractivity contribution < 1.29 is 9.53 Å². The zero-order valence-corrected chi connectivity index (χ0v) is 17.3. The molecule has 1 aromatic heterocycles. The summed E-state index contributed by atoms with van der Waals surface area (Å²) in [4.78, 5) is 30.2. The van der Waals surface area contributed by atoms with E-state index in [1.54, 1.807) is 0 Å². The summed E-state index contributed by atoms with van der Waals surface area (Å²) in [5, 5.41) is 0. The Bertz CT molecular complexity index is 1140. The Morgan fingerprint density at radius 3 is 2.70 bits per heavy atom. The predicted octanol–water partition coefficient (Wildman–Crippen LogP) is 3.45. The quantitative estimate of drug-likeness (QED) is 0.723. The van der Waals surface area contributed by atoms with Crippen LogP contribution in [0.1, 0.15) is 43.4 Å². The average Bonchev–Trinajstić information content (AvgIpc) is 3.36. The number of hydrogen-bond acceptors (Lipinski definition) is 3. The molecule has 6 heteroatoms. The second kappa shape index (κ2) is 7.67. The minimum atomic E-state index is -0.517. The van der Waals surface area contributed by atoms with Crippen LogP contribution in [0, 0.1) is 0 Å². The molecule has 5 rings (SSSR count). The first-order valence-corrected chi connectivity index (χ1v) is 10.9. The molecule has 0 radical (unpaired) electrons. The van der Waals surface area contributed by atoms with E-state index in [1.165, 1.54) is 17.5 Å². The number of nitrogens with zero attached hydrogens (tertiary/aromatic N) is 2. The Labute approximate surface area is 175 Å². The van der Waals surface area contributed by atoms with Crippen molar-refractivity contribution in [2.75, 3.05) is 13.1 Å². The molecule has 1 unspecified atom stereocenters. The molecule has 1 N–H and O–H groups in total. The van der Waals surface area contributed by atoms with Crippen LogP contribution >= 0.6 is 0 Å². The SMILES string of the molecule is CC(Oc1ccc2c(c1)CCC2)C(=O)N1CCC(n2c(=O)[nH]c3ccccc32)CC1.